The molecule has 78 valence electrons. The third-order valence-electron chi connectivity index (χ3n) is 2.16. The number of fused-ring (bicyclic) bond motifs is 1. The molecular formula is C10H8O5. The highest BCUT2D eigenvalue weighted by Crippen LogP contribution is 2.35. The number of ether oxygens (including phenoxy) is 3. The summed E-state index contributed by atoms with van der Waals surface area (Å²) in [6.07, 6.45) is 0. The fraction of sp³-hybridized carbons (Fsp3) is 0.200. The van der Waals surface area contributed by atoms with Crippen LogP contribution in [0.5, 0.6) is 11.5 Å². The van der Waals surface area contributed by atoms with Crippen molar-refractivity contribution in [1.82, 2.24) is 0 Å². The molecule has 0 atom stereocenters. The number of methoxy groups -OCH3 is 2. The molecule has 1 heterocycles. The number of hydrogen-bond acceptors (Lipinski definition) is 5. The summed E-state index contributed by atoms with van der Waals surface area (Å²) in [5, 5.41) is 0. The Morgan fingerprint density at radius 1 is 0.933 bits per heavy atom. The maximum Gasteiger partial charge on any atom is 0.350 e. The molecule has 0 bridgehead atoms. The van der Waals surface area contributed by atoms with Crippen molar-refractivity contribution in [3.8, 4) is 11.5 Å². The van der Waals surface area contributed by atoms with Crippen LogP contribution in [-0.4, -0.2) is 26.2 Å². The normalized spacial score (nSPS) is 13.5. The third-order valence-corrected chi connectivity index (χ3v) is 2.16. The van der Waals surface area contributed by atoms with Crippen molar-refractivity contribution in [2.45, 2.75) is 0 Å². The monoisotopic (exact) mass is 208 g/mol. The Hall–Kier alpha value is -2.04. The van der Waals surface area contributed by atoms with E-state index in [-0.39, 0.29) is 11.1 Å². The smallest absolute Gasteiger partial charge is 0.350 e. The van der Waals surface area contributed by atoms with Crippen LogP contribution >= 0.6 is 0 Å². The lowest BCUT2D eigenvalue weighted by molar-refractivity contribution is 0.0442. The van der Waals surface area contributed by atoms with Gasteiger partial charge >= 0.3 is 11.9 Å². The van der Waals surface area contributed by atoms with Crippen molar-refractivity contribution in [2.75, 3.05) is 14.2 Å². The second kappa shape index (κ2) is 3.27. The van der Waals surface area contributed by atoms with E-state index in [1.165, 1.54) is 14.2 Å². The van der Waals surface area contributed by atoms with Gasteiger partial charge in [-0.05, 0) is 12.1 Å². The van der Waals surface area contributed by atoms with Gasteiger partial charge in [-0.2, -0.15) is 0 Å². The van der Waals surface area contributed by atoms with Gasteiger partial charge in [-0.1, -0.05) is 0 Å². The van der Waals surface area contributed by atoms with Gasteiger partial charge in [-0.3, -0.25) is 0 Å². The van der Waals surface area contributed by atoms with Crippen molar-refractivity contribution >= 4 is 11.9 Å². The van der Waals surface area contributed by atoms with Gasteiger partial charge in [-0.25, -0.2) is 9.59 Å². The summed E-state index contributed by atoms with van der Waals surface area (Å²) in [5.41, 5.74) is 0.253. The Morgan fingerprint density at radius 3 is 1.67 bits per heavy atom. The zero-order valence-corrected chi connectivity index (χ0v) is 8.20. The fourth-order valence-electron chi connectivity index (χ4n) is 1.50. The van der Waals surface area contributed by atoms with Crippen LogP contribution in [0.3, 0.4) is 0 Å². The summed E-state index contributed by atoms with van der Waals surface area (Å²) >= 11 is 0. The van der Waals surface area contributed by atoms with Crippen LogP contribution in [-0.2, 0) is 4.74 Å². The SMILES string of the molecule is COc1ccc(OC)c2c1C(=O)OC2=O. The molecule has 1 aliphatic heterocycles. The Labute approximate surface area is 85.5 Å². The van der Waals surface area contributed by atoms with E-state index in [4.69, 9.17) is 9.47 Å². The van der Waals surface area contributed by atoms with Crippen LogP contribution in [0.25, 0.3) is 0 Å². The van der Waals surface area contributed by atoms with Crippen molar-refractivity contribution in [3.05, 3.63) is 23.3 Å². The molecule has 5 nitrogen and oxygen atoms in total. The molecule has 1 aliphatic rings. The highest BCUT2D eigenvalue weighted by molar-refractivity contribution is 6.17. The van der Waals surface area contributed by atoms with Gasteiger partial charge in [0.05, 0.1) is 14.2 Å². The van der Waals surface area contributed by atoms with E-state index in [0.29, 0.717) is 11.5 Å². The second-order valence-corrected chi connectivity index (χ2v) is 2.90. The van der Waals surface area contributed by atoms with Crippen molar-refractivity contribution < 1.29 is 23.8 Å². The number of rotatable bonds is 2. The molecule has 0 saturated heterocycles. The molecule has 0 amide bonds. The number of hydrogen-bond donors (Lipinski definition) is 0. The van der Waals surface area contributed by atoms with Gasteiger partial charge in [0.15, 0.2) is 0 Å². The highest BCUT2D eigenvalue weighted by Gasteiger charge is 2.36. The minimum atomic E-state index is -0.703. The van der Waals surface area contributed by atoms with Gasteiger partial charge in [-0.15, -0.1) is 0 Å². The number of esters is 2. The first-order valence-corrected chi connectivity index (χ1v) is 4.20. The van der Waals surface area contributed by atoms with Crippen molar-refractivity contribution in [2.24, 2.45) is 0 Å². The molecule has 5 heteroatoms. The predicted octanol–water partition coefficient (Wildman–Crippen LogP) is 1.01. The lowest BCUT2D eigenvalue weighted by Gasteiger charge is -2.06. The van der Waals surface area contributed by atoms with Crippen LogP contribution in [0.1, 0.15) is 20.7 Å². The molecule has 0 aromatic heterocycles. The summed E-state index contributed by atoms with van der Waals surface area (Å²) in [5.74, 6) is -0.792. The van der Waals surface area contributed by atoms with Crippen LogP contribution in [0.15, 0.2) is 12.1 Å². The highest BCUT2D eigenvalue weighted by atomic mass is 16.6. The van der Waals surface area contributed by atoms with E-state index in [2.05, 4.69) is 4.74 Å². The summed E-state index contributed by atoms with van der Waals surface area (Å²) in [4.78, 5) is 22.7. The van der Waals surface area contributed by atoms with Crippen molar-refractivity contribution in [3.63, 3.8) is 0 Å². The van der Waals surface area contributed by atoms with E-state index in [1.54, 1.807) is 12.1 Å². The van der Waals surface area contributed by atoms with Crippen LogP contribution in [0.2, 0.25) is 0 Å². The van der Waals surface area contributed by atoms with E-state index < -0.39 is 11.9 Å². The molecule has 0 saturated carbocycles. The zero-order chi connectivity index (χ0) is 11.0. The largest absolute Gasteiger partial charge is 0.496 e. The standard InChI is InChI=1S/C10H8O5/c1-13-5-3-4-6(14-2)8-7(5)9(11)15-10(8)12/h3-4H,1-2H3. The van der Waals surface area contributed by atoms with E-state index in [0.717, 1.165) is 0 Å². The molecular weight excluding hydrogens is 200 g/mol. The summed E-state index contributed by atoms with van der Waals surface area (Å²) < 4.78 is 14.4. The molecule has 0 N–H and O–H groups in total. The number of carbonyl (C=O) groups excluding carboxylic acids is 2. The van der Waals surface area contributed by atoms with Gasteiger partial charge in [0.2, 0.25) is 0 Å². The quantitative estimate of drug-likeness (QED) is 0.536. The fourth-order valence-corrected chi connectivity index (χ4v) is 1.50. The Balaban J connectivity index is 2.72. The first-order chi connectivity index (χ1) is 7.19. The predicted molar refractivity (Wildman–Crippen MR) is 49.3 cm³/mol. The molecule has 2 rings (SSSR count). The molecule has 0 aliphatic carbocycles. The minimum absolute atomic E-state index is 0.127. The van der Waals surface area contributed by atoms with Crippen LogP contribution in [0.4, 0.5) is 0 Å². The third kappa shape index (κ3) is 1.24. The molecule has 1 aromatic rings. The Kier molecular flexibility index (Phi) is 2.07. The molecule has 0 unspecified atom stereocenters. The zero-order valence-electron chi connectivity index (χ0n) is 8.20. The average Bonchev–Trinajstić information content (AvgIpc) is 2.54. The molecule has 0 spiro atoms. The van der Waals surface area contributed by atoms with Crippen molar-refractivity contribution in [1.29, 1.82) is 0 Å². The van der Waals surface area contributed by atoms with Crippen LogP contribution < -0.4 is 9.47 Å². The van der Waals surface area contributed by atoms with Gasteiger partial charge in [0.25, 0.3) is 0 Å². The number of carbonyl (C=O) groups is 2. The summed E-state index contributed by atoms with van der Waals surface area (Å²) in [7, 11) is 2.83. The lowest BCUT2D eigenvalue weighted by atomic mass is 10.1. The average molecular weight is 208 g/mol. The first-order valence-electron chi connectivity index (χ1n) is 4.20. The lowest BCUT2D eigenvalue weighted by Crippen LogP contribution is -1.99. The van der Waals surface area contributed by atoms with E-state index in [1.807, 2.05) is 0 Å². The molecule has 15 heavy (non-hydrogen) atoms. The summed E-state index contributed by atoms with van der Waals surface area (Å²) in [6.45, 7) is 0. The maximum absolute atomic E-state index is 11.3. The topological polar surface area (TPSA) is 61.8 Å². The van der Waals surface area contributed by atoms with E-state index in [9.17, 15) is 9.59 Å². The number of cyclic esters (lactones) is 2. The van der Waals surface area contributed by atoms with Gasteiger partial charge in [0, 0.05) is 0 Å². The Bertz CT molecular complexity index is 408. The number of benzene rings is 1. The molecule has 0 radical (unpaired) electrons. The van der Waals surface area contributed by atoms with E-state index >= 15 is 0 Å². The van der Waals surface area contributed by atoms with Crippen LogP contribution in [0, 0.1) is 0 Å². The second-order valence-electron chi connectivity index (χ2n) is 2.90. The maximum atomic E-state index is 11.3. The first kappa shape index (κ1) is 9.51. The Morgan fingerprint density at radius 2 is 1.33 bits per heavy atom. The molecule has 0 fully saturated rings. The molecule has 1 aromatic carbocycles. The minimum Gasteiger partial charge on any atom is -0.496 e. The van der Waals surface area contributed by atoms with Gasteiger partial charge < -0.3 is 14.2 Å². The summed E-state index contributed by atoms with van der Waals surface area (Å²) in [6, 6.07) is 3.11. The van der Waals surface area contributed by atoms with Gasteiger partial charge in [0.1, 0.15) is 22.6 Å².